The minimum absolute atomic E-state index is 0. The zero-order valence-electron chi connectivity index (χ0n) is 12.2. The van der Waals surface area contributed by atoms with Crippen molar-refractivity contribution in [2.75, 3.05) is 0 Å². The van der Waals surface area contributed by atoms with Gasteiger partial charge in [0.15, 0.2) is 0 Å². The summed E-state index contributed by atoms with van der Waals surface area (Å²) in [5.74, 6) is -3.44. The Morgan fingerprint density at radius 2 is 1.36 bits per heavy atom. The van der Waals surface area contributed by atoms with Gasteiger partial charge in [-0.3, -0.25) is 0 Å². The molecule has 0 fully saturated rings. The van der Waals surface area contributed by atoms with Gasteiger partial charge < -0.3 is 21.7 Å². The van der Waals surface area contributed by atoms with E-state index >= 15 is 0 Å². The summed E-state index contributed by atoms with van der Waals surface area (Å²) in [7, 11) is 0. The summed E-state index contributed by atoms with van der Waals surface area (Å²) in [4.78, 5) is 30.2. The number of rotatable bonds is 4. The third kappa shape index (κ3) is 12.9. The third-order valence-corrected chi connectivity index (χ3v) is 1.97. The monoisotopic (exact) mass is 358 g/mol. The summed E-state index contributed by atoms with van der Waals surface area (Å²) >= 11 is 0. The van der Waals surface area contributed by atoms with Crippen molar-refractivity contribution in [1.29, 1.82) is 0 Å². The maximum absolute atomic E-state index is 10.5. The van der Waals surface area contributed by atoms with Crippen molar-refractivity contribution < 1.29 is 46.8 Å². The topological polar surface area (TPSA) is 112 Å². The fourth-order valence-electron chi connectivity index (χ4n) is 0.856. The van der Waals surface area contributed by atoms with Crippen LogP contribution >= 0.6 is 0 Å². The van der Waals surface area contributed by atoms with E-state index in [4.69, 9.17) is 15.3 Å². The summed E-state index contributed by atoms with van der Waals surface area (Å²) in [6, 6.07) is 5.48. The molecular formula is C15H19CuO6. The number of benzene rings is 1. The first-order valence-corrected chi connectivity index (χ1v) is 6.00. The van der Waals surface area contributed by atoms with Crippen LogP contribution in [0.15, 0.2) is 36.9 Å². The SMILES string of the molecule is C=CC(=O)O.C[CH-]CC.O=C(O)c1ccccc1C(=O)O.[Cu+]. The third-order valence-electron chi connectivity index (χ3n) is 1.97. The average Bonchev–Trinajstić information content (AvgIpc) is 2.47. The van der Waals surface area contributed by atoms with Crippen LogP contribution in [0.5, 0.6) is 0 Å². The van der Waals surface area contributed by atoms with Crippen molar-refractivity contribution >= 4 is 17.9 Å². The Bertz CT molecular complexity index is 450. The van der Waals surface area contributed by atoms with Gasteiger partial charge in [0, 0.05) is 6.08 Å². The molecule has 0 radical (unpaired) electrons. The van der Waals surface area contributed by atoms with E-state index in [0.29, 0.717) is 0 Å². The van der Waals surface area contributed by atoms with Gasteiger partial charge in [-0.25, -0.2) is 14.4 Å². The standard InChI is InChI=1S/C8H6O4.C4H9.C3H4O2.Cu/c9-7(10)5-3-1-2-4-6(5)8(11)12;1-3-4-2;1-2-3(4)5;/h1-4H,(H,9,10)(H,11,12);3H,4H2,1-2H3;2H,1H2,(H,4,5);/q;-1;;+1. The second-order valence-corrected chi connectivity index (χ2v) is 3.51. The van der Waals surface area contributed by atoms with Crippen molar-refractivity contribution in [1.82, 2.24) is 0 Å². The zero-order valence-corrected chi connectivity index (χ0v) is 13.2. The van der Waals surface area contributed by atoms with Crippen LogP contribution < -0.4 is 0 Å². The number of aliphatic carboxylic acids is 1. The first kappa shape index (κ1) is 24.9. The van der Waals surface area contributed by atoms with Gasteiger partial charge in [0.05, 0.1) is 11.1 Å². The normalized spacial score (nSPS) is 7.91. The molecule has 0 aromatic heterocycles. The molecule has 0 saturated heterocycles. The maximum Gasteiger partial charge on any atom is 1.00 e. The molecule has 0 heterocycles. The number of aromatic carboxylic acids is 2. The molecule has 0 atom stereocenters. The van der Waals surface area contributed by atoms with Crippen LogP contribution in [-0.4, -0.2) is 33.2 Å². The molecule has 126 valence electrons. The molecule has 7 heteroatoms. The van der Waals surface area contributed by atoms with Gasteiger partial charge in [-0.05, 0) is 12.1 Å². The van der Waals surface area contributed by atoms with Gasteiger partial charge in [0.1, 0.15) is 0 Å². The van der Waals surface area contributed by atoms with Crippen molar-refractivity contribution in [2.24, 2.45) is 0 Å². The summed E-state index contributed by atoms with van der Waals surface area (Å²) in [5, 5.41) is 24.7. The van der Waals surface area contributed by atoms with E-state index in [0.717, 1.165) is 6.08 Å². The smallest absolute Gasteiger partial charge is 0.478 e. The number of carboxylic acid groups (broad SMARTS) is 3. The number of unbranched alkanes of at least 4 members (excludes halogenated alkanes) is 1. The molecule has 0 aliphatic heterocycles. The van der Waals surface area contributed by atoms with Crippen LogP contribution in [-0.2, 0) is 21.9 Å². The van der Waals surface area contributed by atoms with Crippen molar-refractivity contribution in [3.8, 4) is 0 Å². The predicted octanol–water partition coefficient (Wildman–Crippen LogP) is 2.96. The Labute approximate surface area is 140 Å². The Morgan fingerprint density at radius 1 is 1.09 bits per heavy atom. The minimum atomic E-state index is -1.23. The van der Waals surface area contributed by atoms with Crippen LogP contribution in [0.25, 0.3) is 0 Å². The molecule has 0 aliphatic carbocycles. The van der Waals surface area contributed by atoms with E-state index in [9.17, 15) is 14.4 Å². The molecule has 1 aromatic rings. The summed E-state index contributed by atoms with van der Waals surface area (Å²) < 4.78 is 0. The summed E-state index contributed by atoms with van der Waals surface area (Å²) in [5.41, 5.74) is -0.380. The first-order valence-electron chi connectivity index (χ1n) is 6.00. The molecule has 22 heavy (non-hydrogen) atoms. The molecule has 6 nitrogen and oxygen atoms in total. The van der Waals surface area contributed by atoms with E-state index in [-0.39, 0.29) is 28.2 Å². The Morgan fingerprint density at radius 3 is 1.50 bits per heavy atom. The van der Waals surface area contributed by atoms with Gasteiger partial charge in [-0.2, -0.15) is 13.3 Å². The van der Waals surface area contributed by atoms with Crippen molar-refractivity contribution in [2.45, 2.75) is 20.3 Å². The van der Waals surface area contributed by atoms with Crippen LogP contribution in [0, 0.1) is 6.42 Å². The Kier molecular flexibility index (Phi) is 17.3. The van der Waals surface area contributed by atoms with Crippen molar-refractivity contribution in [3.05, 3.63) is 54.5 Å². The van der Waals surface area contributed by atoms with Crippen molar-refractivity contribution in [3.63, 3.8) is 0 Å². The molecule has 0 saturated carbocycles. The first-order chi connectivity index (χ1) is 9.81. The van der Waals surface area contributed by atoms with Crippen LogP contribution in [0.2, 0.25) is 0 Å². The van der Waals surface area contributed by atoms with E-state index in [1.807, 2.05) is 0 Å². The van der Waals surface area contributed by atoms with Gasteiger partial charge in [0.2, 0.25) is 0 Å². The van der Waals surface area contributed by atoms with Crippen LogP contribution in [0.4, 0.5) is 0 Å². The second kappa shape index (κ2) is 15.3. The van der Waals surface area contributed by atoms with Gasteiger partial charge in [-0.1, -0.05) is 25.6 Å². The van der Waals surface area contributed by atoms with E-state index in [1.54, 1.807) is 0 Å². The Hall–Kier alpha value is -2.11. The quantitative estimate of drug-likeness (QED) is 0.433. The summed E-state index contributed by atoms with van der Waals surface area (Å²) in [6.07, 6.45) is 4.15. The molecule has 0 aliphatic rings. The molecule has 1 aromatic carbocycles. The van der Waals surface area contributed by atoms with Crippen LogP contribution in [0.3, 0.4) is 0 Å². The molecular weight excluding hydrogens is 340 g/mol. The number of hydrogen-bond acceptors (Lipinski definition) is 3. The zero-order chi connectivity index (χ0) is 16.8. The van der Waals surface area contributed by atoms with Gasteiger partial charge in [-0.15, -0.1) is 0 Å². The number of carbonyl (C=O) groups is 3. The molecule has 0 bridgehead atoms. The van der Waals surface area contributed by atoms with E-state index in [2.05, 4.69) is 26.8 Å². The second-order valence-electron chi connectivity index (χ2n) is 3.51. The molecule has 1 rings (SSSR count). The molecule has 0 amide bonds. The largest absolute Gasteiger partial charge is 1.00 e. The van der Waals surface area contributed by atoms with E-state index in [1.165, 1.54) is 30.7 Å². The fourth-order valence-corrected chi connectivity index (χ4v) is 0.856. The van der Waals surface area contributed by atoms with Gasteiger partial charge >= 0.3 is 35.0 Å². The maximum atomic E-state index is 10.5. The van der Waals surface area contributed by atoms with E-state index < -0.39 is 17.9 Å². The number of carboxylic acids is 3. The Balaban J connectivity index is -0.000000304. The molecule has 3 N–H and O–H groups in total. The number of hydrogen-bond donors (Lipinski definition) is 3. The average molecular weight is 359 g/mol. The van der Waals surface area contributed by atoms with Crippen LogP contribution in [0.1, 0.15) is 41.0 Å². The molecule has 0 spiro atoms. The van der Waals surface area contributed by atoms with Gasteiger partial charge in [0.25, 0.3) is 0 Å². The fraction of sp³-hybridized carbons (Fsp3) is 0.200. The minimum Gasteiger partial charge on any atom is -0.478 e. The predicted molar refractivity (Wildman–Crippen MR) is 78.5 cm³/mol. The summed E-state index contributed by atoms with van der Waals surface area (Å²) in [6.45, 7) is 7.14. The molecule has 0 unspecified atom stereocenters.